The Labute approximate surface area is 104 Å². The van der Waals surface area contributed by atoms with E-state index in [9.17, 15) is 14.4 Å². The fourth-order valence-electron chi connectivity index (χ4n) is 1.55. The minimum Gasteiger partial charge on any atom is -0.479 e. The van der Waals surface area contributed by atoms with Gasteiger partial charge < -0.3 is 25.4 Å². The predicted molar refractivity (Wildman–Crippen MR) is 61.0 cm³/mol. The van der Waals surface area contributed by atoms with Crippen molar-refractivity contribution in [2.75, 3.05) is 33.9 Å². The summed E-state index contributed by atoms with van der Waals surface area (Å²) < 4.78 is 5.01. The summed E-state index contributed by atoms with van der Waals surface area (Å²) in [6, 6.07) is -0.619. The highest BCUT2D eigenvalue weighted by molar-refractivity contribution is 5.88. The summed E-state index contributed by atoms with van der Waals surface area (Å²) >= 11 is 0. The molecule has 1 aliphatic rings. The number of ether oxygens (including phenoxy) is 1. The number of nitrogens with zero attached hydrogens (tertiary/aromatic N) is 1. The second-order valence-corrected chi connectivity index (χ2v) is 4.15. The molecule has 1 rings (SSSR count). The van der Waals surface area contributed by atoms with Gasteiger partial charge in [-0.2, -0.15) is 0 Å². The summed E-state index contributed by atoms with van der Waals surface area (Å²) in [7, 11) is 2.87. The Balaban J connectivity index is 2.62. The summed E-state index contributed by atoms with van der Waals surface area (Å²) in [6.45, 7) is 0.0759. The van der Waals surface area contributed by atoms with Crippen LogP contribution in [0.4, 0.5) is 4.79 Å². The van der Waals surface area contributed by atoms with Crippen molar-refractivity contribution >= 4 is 17.9 Å². The molecule has 3 amide bonds. The van der Waals surface area contributed by atoms with Crippen molar-refractivity contribution in [3.05, 3.63) is 0 Å². The Morgan fingerprint density at radius 1 is 1.44 bits per heavy atom. The quantitative estimate of drug-likeness (QED) is 0.576. The zero-order chi connectivity index (χ0) is 13.8. The van der Waals surface area contributed by atoms with E-state index >= 15 is 0 Å². The van der Waals surface area contributed by atoms with E-state index in [0.29, 0.717) is 0 Å². The molecule has 1 atom stereocenters. The lowest BCUT2D eigenvalue weighted by Crippen LogP contribution is -2.58. The number of carboxylic acids is 1. The third-order valence-corrected chi connectivity index (χ3v) is 2.78. The highest BCUT2D eigenvalue weighted by atomic mass is 16.5. The average molecular weight is 259 g/mol. The second kappa shape index (κ2) is 5.67. The smallest absolute Gasteiger partial charge is 0.332 e. The molecular weight excluding hydrogens is 242 g/mol. The predicted octanol–water partition coefficient (Wildman–Crippen LogP) is -1.38. The van der Waals surface area contributed by atoms with Gasteiger partial charge in [-0.15, -0.1) is 0 Å². The maximum Gasteiger partial charge on any atom is 0.332 e. The van der Waals surface area contributed by atoms with Crippen LogP contribution in [0, 0.1) is 0 Å². The fraction of sp³-hybridized carbons (Fsp3) is 0.700. The van der Waals surface area contributed by atoms with E-state index in [1.165, 1.54) is 14.1 Å². The molecule has 0 aromatic rings. The molecule has 1 heterocycles. The molecular formula is C10H17N3O5. The molecule has 0 radical (unpaired) electrons. The van der Waals surface area contributed by atoms with Crippen LogP contribution in [-0.2, 0) is 14.3 Å². The molecule has 1 fully saturated rings. The Morgan fingerprint density at radius 2 is 2.11 bits per heavy atom. The van der Waals surface area contributed by atoms with Gasteiger partial charge in [0.25, 0.3) is 0 Å². The molecule has 0 aromatic heterocycles. The lowest BCUT2D eigenvalue weighted by molar-refractivity contribution is -0.144. The van der Waals surface area contributed by atoms with Crippen LogP contribution in [0.25, 0.3) is 0 Å². The van der Waals surface area contributed by atoms with Crippen LogP contribution < -0.4 is 10.6 Å². The second-order valence-electron chi connectivity index (χ2n) is 4.15. The molecule has 0 bridgehead atoms. The van der Waals surface area contributed by atoms with Crippen LogP contribution in [0.15, 0.2) is 0 Å². The van der Waals surface area contributed by atoms with Crippen LogP contribution in [0.3, 0.4) is 0 Å². The molecule has 1 aliphatic heterocycles. The number of carboxylic acid groups (broad SMARTS) is 1. The number of urea groups is 1. The molecule has 8 heteroatoms. The monoisotopic (exact) mass is 259 g/mol. The third-order valence-electron chi connectivity index (χ3n) is 2.78. The number of carbonyl (C=O) groups excluding carboxylic acids is 2. The van der Waals surface area contributed by atoms with Crippen molar-refractivity contribution in [2.45, 2.75) is 12.0 Å². The van der Waals surface area contributed by atoms with Gasteiger partial charge in [-0.3, -0.25) is 4.79 Å². The van der Waals surface area contributed by atoms with E-state index in [0.717, 1.165) is 4.90 Å². The number of likely N-dealkylation sites (N-methyl/N-ethyl adjacent to an activating group) is 2. The first-order valence-corrected chi connectivity index (χ1v) is 5.46. The number of nitrogens with one attached hydrogen (secondary N) is 2. The number of rotatable bonds is 4. The van der Waals surface area contributed by atoms with Gasteiger partial charge in [-0.1, -0.05) is 0 Å². The van der Waals surface area contributed by atoms with Crippen molar-refractivity contribution in [1.29, 1.82) is 0 Å². The molecule has 0 aromatic carbocycles. The minimum absolute atomic E-state index is 0.0676. The Bertz CT molecular complexity index is 351. The van der Waals surface area contributed by atoms with Crippen molar-refractivity contribution in [3.63, 3.8) is 0 Å². The van der Waals surface area contributed by atoms with Crippen LogP contribution in [-0.4, -0.2) is 67.3 Å². The molecule has 0 aliphatic carbocycles. The lowest BCUT2D eigenvalue weighted by atomic mass is 9.99. The third kappa shape index (κ3) is 3.10. The fourth-order valence-corrected chi connectivity index (χ4v) is 1.55. The van der Waals surface area contributed by atoms with E-state index in [1.807, 2.05) is 0 Å². The number of carbonyl (C=O) groups is 3. The maximum atomic E-state index is 11.8. The molecule has 1 unspecified atom stereocenters. The van der Waals surface area contributed by atoms with E-state index in [1.54, 1.807) is 0 Å². The first-order chi connectivity index (χ1) is 8.41. The molecule has 0 saturated carbocycles. The number of hydrogen-bond acceptors (Lipinski definition) is 4. The largest absolute Gasteiger partial charge is 0.479 e. The summed E-state index contributed by atoms with van der Waals surface area (Å²) in [5, 5.41) is 13.9. The van der Waals surface area contributed by atoms with Gasteiger partial charge in [0.15, 0.2) is 5.54 Å². The van der Waals surface area contributed by atoms with Gasteiger partial charge in [-0.05, 0) is 0 Å². The van der Waals surface area contributed by atoms with Crippen LogP contribution in [0.1, 0.15) is 6.42 Å². The number of amides is 3. The summed E-state index contributed by atoms with van der Waals surface area (Å²) in [5.41, 5.74) is -1.39. The summed E-state index contributed by atoms with van der Waals surface area (Å²) in [6.07, 6.45) is 0.210. The van der Waals surface area contributed by atoms with E-state index < -0.39 is 17.5 Å². The highest BCUT2D eigenvalue weighted by Crippen LogP contribution is 2.19. The van der Waals surface area contributed by atoms with Crippen LogP contribution in [0.5, 0.6) is 0 Å². The highest BCUT2D eigenvalue weighted by Gasteiger charge is 2.44. The lowest BCUT2D eigenvalue weighted by Gasteiger charge is -2.27. The number of aliphatic carboxylic acids is 1. The van der Waals surface area contributed by atoms with E-state index in [4.69, 9.17) is 9.84 Å². The topological polar surface area (TPSA) is 108 Å². The van der Waals surface area contributed by atoms with Crippen molar-refractivity contribution in [2.24, 2.45) is 0 Å². The number of hydrogen-bond donors (Lipinski definition) is 3. The Morgan fingerprint density at radius 3 is 2.56 bits per heavy atom. The minimum atomic E-state index is -1.39. The summed E-state index contributed by atoms with van der Waals surface area (Å²) in [4.78, 5) is 35.2. The van der Waals surface area contributed by atoms with Crippen LogP contribution in [0.2, 0.25) is 0 Å². The molecule has 18 heavy (non-hydrogen) atoms. The van der Waals surface area contributed by atoms with Gasteiger partial charge in [-0.25, -0.2) is 9.59 Å². The summed E-state index contributed by atoms with van der Waals surface area (Å²) in [5.74, 6) is -1.47. The normalized spacial score (nSPS) is 22.3. The van der Waals surface area contributed by atoms with E-state index in [-0.39, 0.29) is 32.1 Å². The maximum absolute atomic E-state index is 11.8. The molecule has 3 N–H and O–H groups in total. The SMILES string of the molecule is CNC(=O)CN(C)C(=O)NC1(C(=O)O)CCOC1. The first kappa shape index (κ1) is 14.2. The Hall–Kier alpha value is -1.83. The first-order valence-electron chi connectivity index (χ1n) is 5.46. The van der Waals surface area contributed by atoms with Crippen LogP contribution >= 0.6 is 0 Å². The molecule has 102 valence electrons. The van der Waals surface area contributed by atoms with Gasteiger partial charge in [0, 0.05) is 27.1 Å². The van der Waals surface area contributed by atoms with Gasteiger partial charge in [0.2, 0.25) is 5.91 Å². The average Bonchev–Trinajstić information content (AvgIpc) is 2.78. The van der Waals surface area contributed by atoms with Gasteiger partial charge in [0.1, 0.15) is 6.54 Å². The van der Waals surface area contributed by atoms with E-state index in [2.05, 4.69) is 10.6 Å². The molecule has 1 saturated heterocycles. The zero-order valence-corrected chi connectivity index (χ0v) is 10.4. The van der Waals surface area contributed by atoms with Gasteiger partial charge >= 0.3 is 12.0 Å². The van der Waals surface area contributed by atoms with Gasteiger partial charge in [0.05, 0.1) is 6.61 Å². The van der Waals surface area contributed by atoms with Crippen molar-refractivity contribution in [3.8, 4) is 0 Å². The molecule has 8 nitrogen and oxygen atoms in total. The standard InChI is InChI=1S/C10H17N3O5/c1-11-7(14)5-13(2)9(17)12-10(8(15)16)3-4-18-6-10/h3-6H2,1-2H3,(H,11,14)(H,12,17)(H,15,16). The van der Waals surface area contributed by atoms with Crippen molar-refractivity contribution < 1.29 is 24.2 Å². The molecule has 0 spiro atoms. The zero-order valence-electron chi connectivity index (χ0n) is 10.4. The van der Waals surface area contributed by atoms with Crippen molar-refractivity contribution in [1.82, 2.24) is 15.5 Å². The Kier molecular flexibility index (Phi) is 4.49.